The molecule has 16 heavy (non-hydrogen) atoms. The van der Waals surface area contributed by atoms with Crippen molar-refractivity contribution in [2.45, 2.75) is 13.0 Å². The van der Waals surface area contributed by atoms with Crippen LogP contribution in [0.5, 0.6) is 0 Å². The summed E-state index contributed by atoms with van der Waals surface area (Å²) in [5.74, 6) is 0. The summed E-state index contributed by atoms with van der Waals surface area (Å²) >= 11 is 0. The van der Waals surface area contributed by atoms with E-state index in [0.29, 0.717) is 0 Å². The highest BCUT2D eigenvalue weighted by molar-refractivity contribution is 5.34. The highest BCUT2D eigenvalue weighted by Gasteiger charge is 2.07. The molecule has 4 heteroatoms. The molecule has 1 aromatic heterocycles. The molecule has 1 heterocycles. The van der Waals surface area contributed by atoms with Crippen LogP contribution in [-0.4, -0.2) is 21.5 Å². The van der Waals surface area contributed by atoms with Gasteiger partial charge in [-0.3, -0.25) is 0 Å². The minimum absolute atomic E-state index is 0.0699. The summed E-state index contributed by atoms with van der Waals surface area (Å²) in [6.45, 7) is 1.97. The van der Waals surface area contributed by atoms with Crippen LogP contribution in [0.1, 0.15) is 17.2 Å². The van der Waals surface area contributed by atoms with Crippen LogP contribution in [0.25, 0.3) is 5.69 Å². The fourth-order valence-electron chi connectivity index (χ4n) is 1.47. The van der Waals surface area contributed by atoms with Gasteiger partial charge >= 0.3 is 0 Å². The van der Waals surface area contributed by atoms with Gasteiger partial charge in [0.1, 0.15) is 0 Å². The van der Waals surface area contributed by atoms with Crippen molar-refractivity contribution in [2.75, 3.05) is 6.61 Å². The number of benzene rings is 1. The van der Waals surface area contributed by atoms with Gasteiger partial charge in [-0.15, -0.1) is 0 Å². The summed E-state index contributed by atoms with van der Waals surface area (Å²) in [5.41, 5.74) is 8.74. The average molecular weight is 217 g/mol. The third-order valence-electron chi connectivity index (χ3n) is 2.53. The molecular weight excluding hydrogens is 202 g/mol. The Hall–Kier alpha value is -1.65. The minimum atomic E-state index is -0.362. The first-order chi connectivity index (χ1) is 7.70. The Morgan fingerprint density at radius 3 is 2.69 bits per heavy atom. The zero-order valence-corrected chi connectivity index (χ0v) is 9.17. The van der Waals surface area contributed by atoms with Crippen LogP contribution >= 0.6 is 0 Å². The normalized spacial score (nSPS) is 12.7. The molecule has 0 aliphatic carbocycles. The molecule has 0 radical (unpaired) electrons. The molecule has 84 valence electrons. The van der Waals surface area contributed by atoms with Gasteiger partial charge in [-0.2, -0.15) is 5.10 Å². The quantitative estimate of drug-likeness (QED) is 0.811. The number of nitrogens with zero attached hydrogens (tertiary/aromatic N) is 2. The van der Waals surface area contributed by atoms with E-state index in [-0.39, 0.29) is 12.6 Å². The smallest absolute Gasteiger partial charge is 0.0645 e. The van der Waals surface area contributed by atoms with Crippen LogP contribution in [0.4, 0.5) is 0 Å². The summed E-state index contributed by atoms with van der Waals surface area (Å²) < 4.78 is 1.75. The van der Waals surface area contributed by atoms with Crippen molar-refractivity contribution in [3.05, 3.63) is 47.8 Å². The van der Waals surface area contributed by atoms with Crippen molar-refractivity contribution < 1.29 is 5.11 Å². The third-order valence-corrected chi connectivity index (χ3v) is 2.53. The number of nitrogens with two attached hydrogens (primary N) is 1. The molecule has 0 spiro atoms. The van der Waals surface area contributed by atoms with E-state index in [1.807, 2.05) is 37.4 Å². The van der Waals surface area contributed by atoms with Crippen molar-refractivity contribution in [3.63, 3.8) is 0 Å². The monoisotopic (exact) mass is 217 g/mol. The van der Waals surface area contributed by atoms with E-state index in [4.69, 9.17) is 10.8 Å². The van der Waals surface area contributed by atoms with Crippen LogP contribution in [0.2, 0.25) is 0 Å². The molecule has 1 atom stereocenters. The van der Waals surface area contributed by atoms with Gasteiger partial charge in [0.15, 0.2) is 0 Å². The van der Waals surface area contributed by atoms with Crippen LogP contribution in [0.3, 0.4) is 0 Å². The maximum absolute atomic E-state index is 8.94. The van der Waals surface area contributed by atoms with Gasteiger partial charge in [0.05, 0.1) is 24.5 Å². The Kier molecular flexibility index (Phi) is 3.03. The first kappa shape index (κ1) is 10.9. The molecular formula is C12H15N3O. The fourth-order valence-corrected chi connectivity index (χ4v) is 1.47. The number of aliphatic hydroxyl groups excluding tert-OH is 1. The molecule has 0 aliphatic heterocycles. The number of hydrogen-bond donors (Lipinski definition) is 2. The van der Waals surface area contributed by atoms with Gasteiger partial charge in [0.2, 0.25) is 0 Å². The van der Waals surface area contributed by atoms with Crippen molar-refractivity contribution in [1.29, 1.82) is 0 Å². The number of aromatic nitrogens is 2. The molecule has 0 bridgehead atoms. The second-order valence-corrected chi connectivity index (χ2v) is 3.84. The summed E-state index contributed by atoms with van der Waals surface area (Å²) in [6, 6.07) is 7.69. The summed E-state index contributed by atoms with van der Waals surface area (Å²) in [6.07, 6.45) is 3.52. The molecule has 1 aromatic carbocycles. The molecule has 0 fully saturated rings. The van der Waals surface area contributed by atoms with E-state index in [2.05, 4.69) is 5.10 Å². The van der Waals surface area contributed by atoms with Crippen LogP contribution < -0.4 is 5.73 Å². The van der Waals surface area contributed by atoms with E-state index < -0.39 is 0 Å². The lowest BCUT2D eigenvalue weighted by Crippen LogP contribution is -2.13. The SMILES string of the molecule is Cc1ccc(-n2cc(C(N)CO)cn2)cc1. The maximum Gasteiger partial charge on any atom is 0.0645 e. The van der Waals surface area contributed by atoms with Crippen molar-refractivity contribution in [2.24, 2.45) is 5.73 Å². The summed E-state index contributed by atoms with van der Waals surface area (Å²) in [4.78, 5) is 0. The Labute approximate surface area is 94.3 Å². The zero-order chi connectivity index (χ0) is 11.5. The van der Waals surface area contributed by atoms with Gasteiger partial charge in [0.25, 0.3) is 0 Å². The Balaban J connectivity index is 2.28. The predicted molar refractivity (Wildman–Crippen MR) is 62.3 cm³/mol. The summed E-state index contributed by atoms with van der Waals surface area (Å²) in [5, 5.41) is 13.2. The molecule has 2 aromatic rings. The van der Waals surface area contributed by atoms with E-state index >= 15 is 0 Å². The third kappa shape index (κ3) is 2.13. The number of hydrogen-bond acceptors (Lipinski definition) is 3. The molecule has 0 saturated carbocycles. The standard InChI is InChI=1S/C12H15N3O/c1-9-2-4-11(5-3-9)15-7-10(6-14-15)12(13)8-16/h2-7,12,16H,8,13H2,1H3. The molecule has 0 amide bonds. The molecule has 4 nitrogen and oxygen atoms in total. The topological polar surface area (TPSA) is 64.1 Å². The van der Waals surface area contributed by atoms with Crippen molar-refractivity contribution >= 4 is 0 Å². The summed E-state index contributed by atoms with van der Waals surface area (Å²) in [7, 11) is 0. The second-order valence-electron chi connectivity index (χ2n) is 3.84. The second kappa shape index (κ2) is 4.47. The van der Waals surface area contributed by atoms with E-state index in [1.165, 1.54) is 5.56 Å². The van der Waals surface area contributed by atoms with Crippen molar-refractivity contribution in [1.82, 2.24) is 9.78 Å². The largest absolute Gasteiger partial charge is 0.394 e. The average Bonchev–Trinajstić information content (AvgIpc) is 2.78. The molecule has 2 rings (SSSR count). The van der Waals surface area contributed by atoms with E-state index in [9.17, 15) is 0 Å². The van der Waals surface area contributed by atoms with Gasteiger partial charge < -0.3 is 10.8 Å². The van der Waals surface area contributed by atoms with Crippen LogP contribution in [0, 0.1) is 6.92 Å². The van der Waals surface area contributed by atoms with Crippen LogP contribution in [-0.2, 0) is 0 Å². The van der Waals surface area contributed by atoms with E-state index in [0.717, 1.165) is 11.3 Å². The minimum Gasteiger partial charge on any atom is -0.394 e. The van der Waals surface area contributed by atoms with Gasteiger partial charge in [-0.05, 0) is 19.1 Å². The lowest BCUT2D eigenvalue weighted by atomic mass is 10.2. The molecule has 1 unspecified atom stereocenters. The predicted octanol–water partition coefficient (Wildman–Crippen LogP) is 1.17. The zero-order valence-electron chi connectivity index (χ0n) is 9.17. The Morgan fingerprint density at radius 2 is 2.06 bits per heavy atom. The first-order valence-corrected chi connectivity index (χ1v) is 5.19. The Bertz CT molecular complexity index is 461. The fraction of sp³-hybridized carbons (Fsp3) is 0.250. The molecule has 3 N–H and O–H groups in total. The lowest BCUT2D eigenvalue weighted by Gasteiger charge is -2.03. The number of aryl methyl sites for hydroxylation is 1. The highest BCUT2D eigenvalue weighted by Crippen LogP contribution is 2.13. The number of rotatable bonds is 3. The lowest BCUT2D eigenvalue weighted by molar-refractivity contribution is 0.268. The van der Waals surface area contributed by atoms with Gasteiger partial charge in [-0.25, -0.2) is 4.68 Å². The van der Waals surface area contributed by atoms with E-state index in [1.54, 1.807) is 10.9 Å². The van der Waals surface area contributed by atoms with Crippen molar-refractivity contribution in [3.8, 4) is 5.69 Å². The maximum atomic E-state index is 8.94. The molecule has 0 saturated heterocycles. The molecule has 0 aliphatic rings. The Morgan fingerprint density at radius 1 is 1.38 bits per heavy atom. The first-order valence-electron chi connectivity index (χ1n) is 5.19. The van der Waals surface area contributed by atoms with Crippen LogP contribution in [0.15, 0.2) is 36.7 Å². The van der Waals surface area contributed by atoms with Gasteiger partial charge in [-0.1, -0.05) is 17.7 Å². The van der Waals surface area contributed by atoms with Gasteiger partial charge in [0, 0.05) is 11.8 Å². The number of aliphatic hydroxyl groups is 1. The highest BCUT2D eigenvalue weighted by atomic mass is 16.3.